The molecule has 0 aromatic carbocycles. The first-order valence-corrected chi connectivity index (χ1v) is 31.7. The summed E-state index contributed by atoms with van der Waals surface area (Å²) in [4.78, 5) is 38.3. The monoisotopic (exact) mass is 1040 g/mol. The Morgan fingerprint density at radius 2 is 0.533 bits per heavy atom. The van der Waals surface area contributed by atoms with Crippen molar-refractivity contribution in [1.29, 1.82) is 0 Å². The van der Waals surface area contributed by atoms with E-state index in [1.54, 1.807) is 0 Å². The molecule has 0 rings (SSSR count). The maximum Gasteiger partial charge on any atom is 0.306 e. The number of allylic oxidation sites excluding steroid dienone is 16. The van der Waals surface area contributed by atoms with Crippen LogP contribution in [0.2, 0.25) is 0 Å². The molecule has 1 atom stereocenters. The average Bonchev–Trinajstić information content (AvgIpc) is 3.41. The van der Waals surface area contributed by atoms with Crippen LogP contribution in [-0.4, -0.2) is 37.2 Å². The lowest BCUT2D eigenvalue weighted by Crippen LogP contribution is -2.30. The molecule has 0 radical (unpaired) electrons. The number of ether oxygens (including phenoxy) is 3. The maximum absolute atomic E-state index is 12.9. The molecule has 0 aliphatic carbocycles. The van der Waals surface area contributed by atoms with Gasteiger partial charge in [-0.15, -0.1) is 0 Å². The average molecular weight is 1040 g/mol. The molecule has 0 aliphatic rings. The first-order valence-electron chi connectivity index (χ1n) is 31.7. The predicted molar refractivity (Wildman–Crippen MR) is 325 cm³/mol. The van der Waals surface area contributed by atoms with Crippen LogP contribution in [0.15, 0.2) is 97.2 Å². The fourth-order valence-electron chi connectivity index (χ4n) is 8.80. The van der Waals surface area contributed by atoms with Gasteiger partial charge in [0.1, 0.15) is 13.2 Å². The largest absolute Gasteiger partial charge is 0.462 e. The second-order valence-electron chi connectivity index (χ2n) is 20.9. The molecule has 0 N–H and O–H groups in total. The summed E-state index contributed by atoms with van der Waals surface area (Å²) >= 11 is 0. The van der Waals surface area contributed by atoms with Gasteiger partial charge in [0.15, 0.2) is 6.10 Å². The molecule has 0 fully saturated rings. The van der Waals surface area contributed by atoms with Crippen molar-refractivity contribution < 1.29 is 28.6 Å². The molecule has 0 heterocycles. The number of unbranched alkanes of at least 4 members (excludes halogenated alkanes) is 30. The molecule has 0 amide bonds. The SMILES string of the molecule is CC/C=C\C/C=C\C/C=C\C/C=C\C/C=C\CCCC(=O)OC[C@H](COC(=O)CCCCCCCCCCC/C=C\C/C=C\CCCCC)OC(=O)CCCCCCCCCCCCC/C=C\CCCCCCCC. The van der Waals surface area contributed by atoms with Crippen molar-refractivity contribution >= 4 is 17.9 Å². The van der Waals surface area contributed by atoms with Crippen LogP contribution in [0.4, 0.5) is 0 Å². The second kappa shape index (κ2) is 62.9. The van der Waals surface area contributed by atoms with E-state index in [2.05, 4.69) is 118 Å². The van der Waals surface area contributed by atoms with Gasteiger partial charge in [-0.3, -0.25) is 14.4 Å². The Morgan fingerprint density at radius 1 is 0.280 bits per heavy atom. The summed E-state index contributed by atoms with van der Waals surface area (Å²) in [5.74, 6) is -0.953. The number of carbonyl (C=O) groups is 3. The van der Waals surface area contributed by atoms with Gasteiger partial charge < -0.3 is 14.2 Å². The number of rotatable bonds is 57. The Hall–Kier alpha value is -3.67. The van der Waals surface area contributed by atoms with Gasteiger partial charge in [0.05, 0.1) is 0 Å². The van der Waals surface area contributed by atoms with Gasteiger partial charge in [0.2, 0.25) is 0 Å². The molecule has 0 bridgehead atoms. The van der Waals surface area contributed by atoms with Crippen LogP contribution < -0.4 is 0 Å². The van der Waals surface area contributed by atoms with E-state index in [9.17, 15) is 14.4 Å². The third-order valence-electron chi connectivity index (χ3n) is 13.5. The highest BCUT2D eigenvalue weighted by Gasteiger charge is 2.19. The minimum absolute atomic E-state index is 0.0970. The summed E-state index contributed by atoms with van der Waals surface area (Å²) in [5, 5.41) is 0. The van der Waals surface area contributed by atoms with E-state index in [1.807, 2.05) is 0 Å². The zero-order chi connectivity index (χ0) is 54.3. The van der Waals surface area contributed by atoms with Crippen LogP contribution in [0, 0.1) is 0 Å². The normalized spacial score (nSPS) is 12.7. The van der Waals surface area contributed by atoms with Gasteiger partial charge in [-0.05, 0) is 116 Å². The second-order valence-corrected chi connectivity index (χ2v) is 20.9. The lowest BCUT2D eigenvalue weighted by Gasteiger charge is -2.18. The highest BCUT2D eigenvalue weighted by molar-refractivity contribution is 5.71. The summed E-state index contributed by atoms with van der Waals surface area (Å²) in [6, 6.07) is 0. The van der Waals surface area contributed by atoms with E-state index in [-0.39, 0.29) is 37.5 Å². The third-order valence-corrected chi connectivity index (χ3v) is 13.5. The Kier molecular flexibility index (Phi) is 59.8. The minimum Gasteiger partial charge on any atom is -0.462 e. The number of hydrogen-bond donors (Lipinski definition) is 0. The standard InChI is InChI=1S/C69H118O6/c1-4-7-10-13-16-19-22-25-28-31-33-34-36-39-42-45-48-51-54-57-60-63-69(72)75-66(64-73-67(70)61-58-55-52-49-46-43-40-37-30-27-24-21-18-15-12-9-6-3)65-74-68(71)62-59-56-53-50-47-44-41-38-35-32-29-26-23-20-17-14-11-8-5-2/h9,12,17-18,20-21,25-30,40,43,49,52,66H,4-8,10-11,13-16,19,22-24,31-39,41-42,44-48,50-51,53-65H2,1-3H3/b12-9-,20-17-,21-18-,28-25-,29-26-,30-27-,43-40-,52-49-/t66-/m1/s1. The maximum atomic E-state index is 12.9. The van der Waals surface area contributed by atoms with Crippen molar-refractivity contribution in [2.24, 2.45) is 0 Å². The van der Waals surface area contributed by atoms with Crippen molar-refractivity contribution in [3.05, 3.63) is 97.2 Å². The van der Waals surface area contributed by atoms with Crippen molar-refractivity contribution in [2.75, 3.05) is 13.2 Å². The Balaban J connectivity index is 4.44. The fourth-order valence-corrected chi connectivity index (χ4v) is 8.80. The molecule has 0 aromatic rings. The minimum atomic E-state index is -0.805. The molecule has 75 heavy (non-hydrogen) atoms. The lowest BCUT2D eigenvalue weighted by molar-refractivity contribution is -0.167. The Morgan fingerprint density at radius 3 is 0.907 bits per heavy atom. The summed E-state index contributed by atoms with van der Waals surface area (Å²) in [7, 11) is 0. The summed E-state index contributed by atoms with van der Waals surface area (Å²) < 4.78 is 16.9. The number of esters is 3. The summed E-state index contributed by atoms with van der Waals surface area (Å²) in [6.45, 7) is 6.47. The lowest BCUT2D eigenvalue weighted by atomic mass is 10.0. The quantitative estimate of drug-likeness (QED) is 0.0261. The molecule has 6 nitrogen and oxygen atoms in total. The summed E-state index contributed by atoms with van der Waals surface area (Å²) in [5.41, 5.74) is 0. The van der Waals surface area contributed by atoms with E-state index < -0.39 is 6.10 Å². The molecule has 0 saturated heterocycles. The zero-order valence-electron chi connectivity index (χ0n) is 49.3. The van der Waals surface area contributed by atoms with Gasteiger partial charge in [0.25, 0.3) is 0 Å². The first-order chi connectivity index (χ1) is 37.0. The van der Waals surface area contributed by atoms with Crippen LogP contribution in [0.3, 0.4) is 0 Å². The Labute approximate surface area is 464 Å². The van der Waals surface area contributed by atoms with Gasteiger partial charge in [0, 0.05) is 19.3 Å². The van der Waals surface area contributed by atoms with Gasteiger partial charge in [-0.2, -0.15) is 0 Å². The van der Waals surface area contributed by atoms with Crippen molar-refractivity contribution in [3.63, 3.8) is 0 Å². The fraction of sp³-hybridized carbons (Fsp3) is 0.725. The topological polar surface area (TPSA) is 78.9 Å². The Bertz CT molecular complexity index is 1480. The predicted octanol–water partition coefficient (Wildman–Crippen LogP) is 21.7. The van der Waals surface area contributed by atoms with Crippen LogP contribution in [0.25, 0.3) is 0 Å². The molecule has 0 aromatic heterocycles. The van der Waals surface area contributed by atoms with Crippen LogP contribution in [0.1, 0.15) is 303 Å². The first kappa shape index (κ1) is 71.3. The summed E-state index contributed by atoms with van der Waals surface area (Å²) in [6.07, 6.45) is 84.1. The highest BCUT2D eigenvalue weighted by Crippen LogP contribution is 2.16. The molecule has 0 saturated carbocycles. The van der Waals surface area contributed by atoms with E-state index in [0.29, 0.717) is 19.3 Å². The van der Waals surface area contributed by atoms with Crippen molar-refractivity contribution in [3.8, 4) is 0 Å². The smallest absolute Gasteiger partial charge is 0.306 e. The molecule has 0 aliphatic heterocycles. The van der Waals surface area contributed by atoms with Crippen LogP contribution >= 0.6 is 0 Å². The van der Waals surface area contributed by atoms with Gasteiger partial charge in [-0.25, -0.2) is 0 Å². The molecular weight excluding hydrogens is 925 g/mol. The number of hydrogen-bond acceptors (Lipinski definition) is 6. The molecule has 430 valence electrons. The molecule has 0 unspecified atom stereocenters. The van der Waals surface area contributed by atoms with E-state index in [0.717, 1.165) is 83.5 Å². The molecule has 0 spiro atoms. The molecular formula is C69H118O6. The van der Waals surface area contributed by atoms with E-state index >= 15 is 0 Å². The van der Waals surface area contributed by atoms with E-state index in [1.165, 1.54) is 173 Å². The zero-order valence-corrected chi connectivity index (χ0v) is 49.3. The van der Waals surface area contributed by atoms with Crippen molar-refractivity contribution in [2.45, 2.75) is 309 Å². The van der Waals surface area contributed by atoms with Crippen LogP contribution in [0.5, 0.6) is 0 Å². The number of carbonyl (C=O) groups excluding carboxylic acids is 3. The van der Waals surface area contributed by atoms with Gasteiger partial charge >= 0.3 is 17.9 Å². The highest BCUT2D eigenvalue weighted by atomic mass is 16.6. The third kappa shape index (κ3) is 61.1. The molecule has 6 heteroatoms. The van der Waals surface area contributed by atoms with E-state index in [4.69, 9.17) is 14.2 Å². The van der Waals surface area contributed by atoms with Gasteiger partial charge in [-0.1, -0.05) is 266 Å². The van der Waals surface area contributed by atoms with Crippen molar-refractivity contribution in [1.82, 2.24) is 0 Å². The van der Waals surface area contributed by atoms with Crippen LogP contribution in [-0.2, 0) is 28.6 Å².